The van der Waals surface area contributed by atoms with Gasteiger partial charge in [0.2, 0.25) is 6.79 Å². The standard InChI is InChI=1S/C37H41N3O3S/c1-3-16-37(41)17-15-31-29-12-9-24-20-27(38-18-19-39-35(44)40-26-7-5-4-6-8-26)11-13-28(24)34(29)30(22-36(31,37)2)25-10-14-32-33(21-25)43-23-42-32/h4-8,10,14,20-21,29-31,41H,9,11-13,15,17-19,22-23H2,1-2H3,(H2,39,40,44)/t29-,30+,31?,36-,37-/m0/s1. The molecule has 3 N–H and O–H groups in total. The number of fused-ring (bicyclic) bond motifs is 5. The van der Waals surface area contributed by atoms with Crippen LogP contribution in [0.3, 0.4) is 0 Å². The maximum absolute atomic E-state index is 12.0. The summed E-state index contributed by atoms with van der Waals surface area (Å²) in [5, 5.41) is 19.1. The van der Waals surface area contributed by atoms with Crippen LogP contribution in [-0.2, 0) is 0 Å². The van der Waals surface area contributed by atoms with E-state index in [0.717, 1.165) is 62.1 Å². The minimum atomic E-state index is -0.952. The summed E-state index contributed by atoms with van der Waals surface area (Å²) in [6, 6.07) is 16.4. The first-order valence-electron chi connectivity index (χ1n) is 16.0. The van der Waals surface area contributed by atoms with Gasteiger partial charge in [-0.3, -0.25) is 4.99 Å². The molecule has 0 radical (unpaired) electrons. The van der Waals surface area contributed by atoms with Gasteiger partial charge >= 0.3 is 0 Å². The zero-order valence-corrected chi connectivity index (χ0v) is 26.4. The Labute approximate surface area is 266 Å². The molecule has 0 aromatic heterocycles. The number of aliphatic hydroxyl groups is 1. The van der Waals surface area contributed by atoms with Crippen molar-refractivity contribution in [3.05, 3.63) is 76.9 Å². The molecule has 2 aromatic carbocycles. The van der Waals surface area contributed by atoms with Gasteiger partial charge in [0.25, 0.3) is 0 Å². The first kappa shape index (κ1) is 29.1. The topological polar surface area (TPSA) is 75.1 Å². The Morgan fingerprint density at radius 2 is 1.93 bits per heavy atom. The largest absolute Gasteiger partial charge is 0.454 e. The van der Waals surface area contributed by atoms with E-state index in [-0.39, 0.29) is 18.1 Å². The number of allylic oxidation sites excluding steroid dienone is 4. The predicted molar refractivity (Wildman–Crippen MR) is 179 cm³/mol. The summed E-state index contributed by atoms with van der Waals surface area (Å²) in [7, 11) is 0. The van der Waals surface area contributed by atoms with Crippen LogP contribution in [0.25, 0.3) is 0 Å². The lowest BCUT2D eigenvalue weighted by molar-refractivity contribution is -0.0513. The number of aliphatic imine (C=N–C) groups is 1. The average molecular weight is 608 g/mol. The first-order chi connectivity index (χ1) is 21.4. The van der Waals surface area contributed by atoms with Crippen molar-refractivity contribution < 1.29 is 14.6 Å². The second-order valence-corrected chi connectivity index (χ2v) is 13.4. The molecule has 1 heterocycles. The lowest BCUT2D eigenvalue weighted by atomic mass is 9.51. The number of nitrogens with one attached hydrogen (secondary N) is 2. The van der Waals surface area contributed by atoms with Gasteiger partial charge < -0.3 is 25.2 Å². The minimum absolute atomic E-state index is 0.207. The molecular formula is C37H41N3O3S. The Bertz CT molecular complexity index is 1620. The highest BCUT2D eigenvalue weighted by atomic mass is 32.1. The van der Waals surface area contributed by atoms with Gasteiger partial charge in [0, 0.05) is 29.3 Å². The number of anilines is 1. The van der Waals surface area contributed by atoms with Crippen LogP contribution in [0.5, 0.6) is 11.5 Å². The van der Waals surface area contributed by atoms with Crippen LogP contribution >= 0.6 is 12.2 Å². The summed E-state index contributed by atoms with van der Waals surface area (Å²) in [5.41, 5.74) is 6.78. The molecule has 5 aliphatic rings. The molecule has 228 valence electrons. The highest BCUT2D eigenvalue weighted by Crippen LogP contribution is 2.66. The molecule has 5 atom stereocenters. The number of para-hydroxylation sites is 1. The molecule has 0 bridgehead atoms. The molecule has 2 saturated carbocycles. The van der Waals surface area contributed by atoms with Gasteiger partial charge in [0.1, 0.15) is 5.60 Å². The first-order valence-corrected chi connectivity index (χ1v) is 16.4. The van der Waals surface area contributed by atoms with E-state index in [4.69, 9.17) is 26.7 Å². The molecule has 0 amide bonds. The van der Waals surface area contributed by atoms with Crippen molar-refractivity contribution in [1.29, 1.82) is 0 Å². The molecule has 4 aliphatic carbocycles. The lowest BCUT2D eigenvalue weighted by Crippen LogP contribution is -2.51. The fourth-order valence-corrected chi connectivity index (χ4v) is 8.93. The van der Waals surface area contributed by atoms with Crippen LogP contribution in [0.15, 0.2) is 76.3 Å². The van der Waals surface area contributed by atoms with Crippen molar-refractivity contribution in [2.45, 2.75) is 70.3 Å². The van der Waals surface area contributed by atoms with Crippen molar-refractivity contribution in [3.8, 4) is 23.3 Å². The second-order valence-electron chi connectivity index (χ2n) is 13.0. The van der Waals surface area contributed by atoms with E-state index in [2.05, 4.69) is 53.7 Å². The number of ether oxygens (including phenoxy) is 2. The van der Waals surface area contributed by atoms with Gasteiger partial charge in [-0.05, 0) is 123 Å². The highest BCUT2D eigenvalue weighted by Gasteiger charge is 2.62. The summed E-state index contributed by atoms with van der Waals surface area (Å²) in [6.45, 7) is 5.80. The van der Waals surface area contributed by atoms with Crippen LogP contribution in [0.4, 0.5) is 5.69 Å². The third-order valence-corrected chi connectivity index (χ3v) is 11.0. The maximum Gasteiger partial charge on any atom is 0.231 e. The van der Waals surface area contributed by atoms with Crippen molar-refractivity contribution in [2.24, 2.45) is 22.2 Å². The Kier molecular flexibility index (Phi) is 7.76. The minimum Gasteiger partial charge on any atom is -0.454 e. The predicted octanol–water partition coefficient (Wildman–Crippen LogP) is 6.93. The van der Waals surface area contributed by atoms with Gasteiger partial charge in [0.15, 0.2) is 16.6 Å². The molecular weight excluding hydrogens is 566 g/mol. The van der Waals surface area contributed by atoms with Gasteiger partial charge in [-0.25, -0.2) is 0 Å². The van der Waals surface area contributed by atoms with Gasteiger partial charge in [-0.2, -0.15) is 0 Å². The van der Waals surface area contributed by atoms with Crippen LogP contribution in [0, 0.1) is 29.1 Å². The maximum atomic E-state index is 12.0. The Balaban J connectivity index is 1.15. The van der Waals surface area contributed by atoms with Crippen molar-refractivity contribution >= 4 is 28.7 Å². The van der Waals surface area contributed by atoms with E-state index >= 15 is 0 Å². The number of nitrogens with zero attached hydrogens (tertiary/aromatic N) is 1. The second kappa shape index (κ2) is 11.7. The van der Waals surface area contributed by atoms with Crippen molar-refractivity contribution in [2.75, 3.05) is 25.2 Å². The molecule has 44 heavy (non-hydrogen) atoms. The van der Waals surface area contributed by atoms with Gasteiger partial charge in [0.05, 0.1) is 6.54 Å². The highest BCUT2D eigenvalue weighted by molar-refractivity contribution is 7.80. The average Bonchev–Trinajstić information content (AvgIpc) is 3.60. The third kappa shape index (κ3) is 5.12. The Hall–Kier alpha value is -3.60. The van der Waals surface area contributed by atoms with Crippen molar-refractivity contribution in [3.63, 3.8) is 0 Å². The van der Waals surface area contributed by atoms with E-state index in [1.54, 1.807) is 5.57 Å². The molecule has 0 spiro atoms. The van der Waals surface area contributed by atoms with Crippen LogP contribution < -0.4 is 20.1 Å². The SMILES string of the molecule is CC#C[C@]1(O)CCC2[C@@H]3CCC4=CC(=NCCNC(=S)Nc5ccccc5)CCC4=C3[C@@H](c3ccc4c(c3)OCO4)C[C@@]21C. The van der Waals surface area contributed by atoms with Gasteiger partial charge in [-0.15, -0.1) is 5.92 Å². The third-order valence-electron chi connectivity index (χ3n) is 10.8. The summed E-state index contributed by atoms with van der Waals surface area (Å²) in [6.07, 6.45) is 9.15. The fourth-order valence-electron chi connectivity index (χ4n) is 8.71. The van der Waals surface area contributed by atoms with E-state index in [1.807, 2.05) is 37.3 Å². The summed E-state index contributed by atoms with van der Waals surface area (Å²) < 4.78 is 11.5. The van der Waals surface area contributed by atoms with Crippen LogP contribution in [0.1, 0.15) is 70.3 Å². The zero-order valence-electron chi connectivity index (χ0n) is 25.6. The van der Waals surface area contributed by atoms with E-state index in [1.165, 1.54) is 22.4 Å². The summed E-state index contributed by atoms with van der Waals surface area (Å²) >= 11 is 5.46. The molecule has 2 fully saturated rings. The normalized spacial score (nSPS) is 30.8. The van der Waals surface area contributed by atoms with Crippen LogP contribution in [-0.4, -0.2) is 41.4 Å². The van der Waals surface area contributed by atoms with E-state index < -0.39 is 5.60 Å². The quantitative estimate of drug-likeness (QED) is 0.195. The summed E-state index contributed by atoms with van der Waals surface area (Å²) in [4.78, 5) is 4.97. The number of thiocarbonyl (C=S) groups is 1. The molecule has 7 rings (SSSR count). The van der Waals surface area contributed by atoms with E-state index in [0.29, 0.717) is 30.0 Å². The smallest absolute Gasteiger partial charge is 0.231 e. The molecule has 7 heteroatoms. The summed E-state index contributed by atoms with van der Waals surface area (Å²) in [5.74, 6) is 9.06. The lowest BCUT2D eigenvalue weighted by Gasteiger charge is -2.53. The van der Waals surface area contributed by atoms with Gasteiger partial charge in [-0.1, -0.05) is 42.7 Å². The number of rotatable bonds is 5. The Morgan fingerprint density at radius 1 is 1.09 bits per heavy atom. The fraction of sp³-hybridized carbons (Fsp3) is 0.459. The number of hydrogen-bond acceptors (Lipinski definition) is 5. The van der Waals surface area contributed by atoms with Crippen molar-refractivity contribution in [1.82, 2.24) is 5.32 Å². The zero-order chi connectivity index (χ0) is 30.3. The number of hydrogen-bond donors (Lipinski definition) is 3. The van der Waals surface area contributed by atoms with Crippen LogP contribution in [0.2, 0.25) is 0 Å². The molecule has 1 unspecified atom stereocenters. The van der Waals surface area contributed by atoms with E-state index in [9.17, 15) is 5.11 Å². The molecule has 0 saturated heterocycles. The molecule has 6 nitrogen and oxygen atoms in total. The monoisotopic (exact) mass is 607 g/mol. The Morgan fingerprint density at radius 3 is 2.77 bits per heavy atom. The molecule has 2 aromatic rings. The number of benzene rings is 2. The molecule has 1 aliphatic heterocycles.